The zero-order valence-corrected chi connectivity index (χ0v) is 13.1. The first-order valence-corrected chi connectivity index (χ1v) is 7.46. The van der Waals surface area contributed by atoms with Crippen molar-refractivity contribution in [2.24, 2.45) is 0 Å². The summed E-state index contributed by atoms with van der Waals surface area (Å²) in [5, 5.41) is 12.4. The van der Waals surface area contributed by atoms with Crippen LogP contribution in [0.1, 0.15) is 33.1 Å². The van der Waals surface area contributed by atoms with Gasteiger partial charge in [-0.1, -0.05) is 31.9 Å². The van der Waals surface area contributed by atoms with Crippen LogP contribution in [0, 0.1) is 0 Å². The van der Waals surface area contributed by atoms with E-state index in [1.807, 2.05) is 13.8 Å². The van der Waals surface area contributed by atoms with Crippen molar-refractivity contribution in [1.29, 1.82) is 0 Å². The van der Waals surface area contributed by atoms with Gasteiger partial charge in [0, 0.05) is 18.1 Å². The first-order chi connectivity index (χ1) is 9.99. The Morgan fingerprint density at radius 1 is 1.24 bits per heavy atom. The summed E-state index contributed by atoms with van der Waals surface area (Å²) in [6.45, 7) is 5.07. The Hall–Kier alpha value is -1.75. The van der Waals surface area contributed by atoms with Crippen LogP contribution in [-0.4, -0.2) is 34.9 Å². The SMILES string of the molecule is CCCCN(CCC)C(=O)C(=O)Nc1cc(Cl)ccc1O. The molecule has 0 bridgehead atoms. The predicted molar refractivity (Wildman–Crippen MR) is 83.5 cm³/mol. The van der Waals surface area contributed by atoms with E-state index < -0.39 is 11.8 Å². The van der Waals surface area contributed by atoms with Gasteiger partial charge in [0.05, 0.1) is 5.69 Å². The maximum atomic E-state index is 12.1. The molecule has 0 aliphatic rings. The first-order valence-electron chi connectivity index (χ1n) is 7.08. The lowest BCUT2D eigenvalue weighted by Crippen LogP contribution is -2.40. The third-order valence-electron chi connectivity index (χ3n) is 2.96. The lowest BCUT2D eigenvalue weighted by Gasteiger charge is -2.21. The molecule has 0 spiro atoms. The molecule has 0 atom stereocenters. The molecule has 0 saturated carbocycles. The summed E-state index contributed by atoms with van der Waals surface area (Å²) < 4.78 is 0. The lowest BCUT2D eigenvalue weighted by molar-refractivity contribution is -0.143. The quantitative estimate of drug-likeness (QED) is 0.626. The van der Waals surface area contributed by atoms with Gasteiger partial charge in [0.25, 0.3) is 0 Å². The molecular weight excluding hydrogens is 292 g/mol. The van der Waals surface area contributed by atoms with Gasteiger partial charge in [0.1, 0.15) is 5.75 Å². The zero-order chi connectivity index (χ0) is 15.8. The number of benzene rings is 1. The number of nitrogens with zero attached hydrogens (tertiary/aromatic N) is 1. The standard InChI is InChI=1S/C15H21ClN2O3/c1-3-5-9-18(8-4-2)15(21)14(20)17-12-10-11(16)6-7-13(12)19/h6-7,10,19H,3-5,8-9H2,1-2H3,(H,17,20). The van der Waals surface area contributed by atoms with E-state index in [1.54, 1.807) is 0 Å². The van der Waals surface area contributed by atoms with Gasteiger partial charge in [-0.25, -0.2) is 0 Å². The number of rotatable bonds is 6. The fourth-order valence-corrected chi connectivity index (χ4v) is 2.03. The second-order valence-corrected chi connectivity index (χ2v) is 5.20. The number of nitrogens with one attached hydrogen (secondary N) is 1. The van der Waals surface area contributed by atoms with Crippen molar-refractivity contribution < 1.29 is 14.7 Å². The van der Waals surface area contributed by atoms with Crippen molar-refractivity contribution in [3.05, 3.63) is 23.2 Å². The number of anilines is 1. The minimum Gasteiger partial charge on any atom is -0.506 e. The van der Waals surface area contributed by atoms with Crippen LogP contribution >= 0.6 is 11.6 Å². The van der Waals surface area contributed by atoms with Gasteiger partial charge >= 0.3 is 11.8 Å². The van der Waals surface area contributed by atoms with Crippen molar-refractivity contribution in [1.82, 2.24) is 4.90 Å². The molecule has 0 saturated heterocycles. The van der Waals surface area contributed by atoms with E-state index >= 15 is 0 Å². The highest BCUT2D eigenvalue weighted by molar-refractivity contribution is 6.40. The number of carbonyl (C=O) groups is 2. The molecule has 1 aromatic carbocycles. The molecule has 21 heavy (non-hydrogen) atoms. The molecule has 6 heteroatoms. The van der Waals surface area contributed by atoms with Crippen LogP contribution in [0.15, 0.2) is 18.2 Å². The molecule has 0 aliphatic heterocycles. The Balaban J connectivity index is 2.76. The van der Waals surface area contributed by atoms with Crippen LogP contribution in [0.2, 0.25) is 5.02 Å². The van der Waals surface area contributed by atoms with Crippen LogP contribution < -0.4 is 5.32 Å². The molecule has 5 nitrogen and oxygen atoms in total. The van der Waals surface area contributed by atoms with Gasteiger partial charge in [-0.15, -0.1) is 0 Å². The molecule has 0 unspecified atom stereocenters. The molecule has 2 amide bonds. The minimum atomic E-state index is -0.767. The van der Waals surface area contributed by atoms with Crippen LogP contribution in [0.25, 0.3) is 0 Å². The van der Waals surface area contributed by atoms with E-state index in [0.29, 0.717) is 18.1 Å². The summed E-state index contributed by atoms with van der Waals surface area (Å²) in [5.41, 5.74) is 0.132. The Kier molecular flexibility index (Phi) is 7.02. The minimum absolute atomic E-state index is 0.129. The summed E-state index contributed by atoms with van der Waals surface area (Å²) >= 11 is 5.80. The molecule has 0 aliphatic carbocycles. The van der Waals surface area contributed by atoms with Gasteiger partial charge in [-0.3, -0.25) is 9.59 Å². The van der Waals surface area contributed by atoms with Crippen molar-refractivity contribution in [2.75, 3.05) is 18.4 Å². The van der Waals surface area contributed by atoms with E-state index in [0.717, 1.165) is 19.3 Å². The van der Waals surface area contributed by atoms with Crippen LogP contribution in [0.3, 0.4) is 0 Å². The highest BCUT2D eigenvalue weighted by atomic mass is 35.5. The molecule has 0 aromatic heterocycles. The summed E-state index contributed by atoms with van der Waals surface area (Å²) in [5.74, 6) is -1.49. The number of carbonyl (C=O) groups excluding carboxylic acids is 2. The highest BCUT2D eigenvalue weighted by Gasteiger charge is 2.21. The Morgan fingerprint density at radius 2 is 1.95 bits per heavy atom. The molecule has 2 N–H and O–H groups in total. The molecule has 0 fully saturated rings. The Labute approximate surface area is 129 Å². The van der Waals surface area contributed by atoms with Gasteiger partial charge < -0.3 is 15.3 Å². The van der Waals surface area contributed by atoms with Crippen molar-refractivity contribution in [3.63, 3.8) is 0 Å². The van der Waals surface area contributed by atoms with Crippen molar-refractivity contribution in [3.8, 4) is 5.75 Å². The number of hydrogen-bond acceptors (Lipinski definition) is 3. The first kappa shape index (κ1) is 17.3. The summed E-state index contributed by atoms with van der Waals surface area (Å²) in [6, 6.07) is 4.26. The normalized spacial score (nSPS) is 10.2. The molecule has 0 heterocycles. The molecule has 1 rings (SSSR count). The van der Waals surface area contributed by atoms with Crippen molar-refractivity contribution in [2.45, 2.75) is 33.1 Å². The number of aromatic hydroxyl groups is 1. The second kappa shape index (κ2) is 8.52. The highest BCUT2D eigenvalue weighted by Crippen LogP contribution is 2.26. The summed E-state index contributed by atoms with van der Waals surface area (Å²) in [6.07, 6.45) is 2.58. The number of phenolic OH excluding ortho intramolecular Hbond substituents is 1. The van der Waals surface area contributed by atoms with Crippen LogP contribution in [0.4, 0.5) is 5.69 Å². The smallest absolute Gasteiger partial charge is 0.314 e. The van der Waals surface area contributed by atoms with Crippen LogP contribution in [-0.2, 0) is 9.59 Å². The fraction of sp³-hybridized carbons (Fsp3) is 0.467. The third-order valence-corrected chi connectivity index (χ3v) is 3.20. The Morgan fingerprint density at radius 3 is 2.57 bits per heavy atom. The number of halogens is 1. The largest absolute Gasteiger partial charge is 0.506 e. The Bertz CT molecular complexity index is 506. The number of phenols is 1. The lowest BCUT2D eigenvalue weighted by atomic mass is 10.2. The monoisotopic (exact) mass is 312 g/mol. The second-order valence-electron chi connectivity index (χ2n) is 4.76. The van der Waals surface area contributed by atoms with Gasteiger partial charge in [0.2, 0.25) is 0 Å². The average molecular weight is 313 g/mol. The molecule has 116 valence electrons. The average Bonchev–Trinajstić information content (AvgIpc) is 2.46. The third kappa shape index (κ3) is 5.27. The predicted octanol–water partition coefficient (Wildman–Crippen LogP) is 3.02. The maximum absolute atomic E-state index is 12.1. The zero-order valence-electron chi connectivity index (χ0n) is 12.4. The number of amides is 2. The topological polar surface area (TPSA) is 69.6 Å². The van der Waals surface area contributed by atoms with Crippen LogP contribution in [0.5, 0.6) is 5.75 Å². The summed E-state index contributed by atoms with van der Waals surface area (Å²) in [7, 11) is 0. The van der Waals surface area contributed by atoms with E-state index in [1.165, 1.54) is 23.1 Å². The van der Waals surface area contributed by atoms with Gasteiger partial charge in [-0.2, -0.15) is 0 Å². The van der Waals surface area contributed by atoms with Gasteiger partial charge in [0.15, 0.2) is 0 Å². The summed E-state index contributed by atoms with van der Waals surface area (Å²) in [4.78, 5) is 25.7. The molecule has 0 radical (unpaired) electrons. The molecular formula is C15H21ClN2O3. The van der Waals surface area contributed by atoms with E-state index in [2.05, 4.69) is 5.32 Å². The van der Waals surface area contributed by atoms with Gasteiger partial charge in [-0.05, 0) is 31.0 Å². The molecule has 1 aromatic rings. The fourth-order valence-electron chi connectivity index (χ4n) is 1.86. The number of unbranched alkanes of at least 4 members (excludes halogenated alkanes) is 1. The van der Waals surface area contributed by atoms with E-state index in [9.17, 15) is 14.7 Å². The maximum Gasteiger partial charge on any atom is 0.314 e. The number of hydrogen-bond donors (Lipinski definition) is 2. The van der Waals surface area contributed by atoms with Crippen molar-refractivity contribution >= 4 is 29.1 Å². The van der Waals surface area contributed by atoms with E-state index in [4.69, 9.17) is 11.6 Å². The van der Waals surface area contributed by atoms with E-state index in [-0.39, 0.29) is 11.4 Å².